The molecule has 0 aliphatic heterocycles. The van der Waals surface area contributed by atoms with Gasteiger partial charge in [0.1, 0.15) is 11.5 Å². The Kier molecular flexibility index (Phi) is 5.52. The van der Waals surface area contributed by atoms with E-state index in [9.17, 15) is 4.79 Å². The van der Waals surface area contributed by atoms with Crippen LogP contribution in [0.5, 0.6) is 11.5 Å². The van der Waals surface area contributed by atoms with Crippen molar-refractivity contribution in [1.29, 1.82) is 0 Å². The molecule has 2 fully saturated rings. The van der Waals surface area contributed by atoms with Crippen LogP contribution in [0.2, 0.25) is 0 Å². The Balaban J connectivity index is 1.20. The van der Waals surface area contributed by atoms with Gasteiger partial charge < -0.3 is 19.2 Å². The van der Waals surface area contributed by atoms with E-state index in [0.29, 0.717) is 28.8 Å². The fourth-order valence-corrected chi connectivity index (χ4v) is 4.56. The minimum Gasteiger partial charge on any atom is -0.497 e. The third-order valence-corrected chi connectivity index (χ3v) is 6.10. The van der Waals surface area contributed by atoms with E-state index in [1.807, 2.05) is 24.3 Å². The largest absolute Gasteiger partial charge is 0.497 e. The first-order valence-electron chi connectivity index (χ1n) is 9.21. The number of aromatic nitrogens is 2. The maximum absolute atomic E-state index is 12.2. The Morgan fingerprint density at radius 3 is 2.74 bits per heavy atom. The number of benzene rings is 1. The summed E-state index contributed by atoms with van der Waals surface area (Å²) in [4.78, 5) is 12.2. The van der Waals surface area contributed by atoms with E-state index in [2.05, 4.69) is 15.5 Å². The van der Waals surface area contributed by atoms with Crippen molar-refractivity contribution in [3.05, 3.63) is 30.2 Å². The van der Waals surface area contributed by atoms with Crippen LogP contribution in [0.1, 0.15) is 31.6 Å². The Hall–Kier alpha value is -2.22. The molecule has 8 heteroatoms. The van der Waals surface area contributed by atoms with Crippen molar-refractivity contribution in [3.63, 3.8) is 0 Å². The molecule has 0 spiro atoms. The second-order valence-corrected chi connectivity index (χ2v) is 7.99. The summed E-state index contributed by atoms with van der Waals surface area (Å²) in [5.74, 6) is 3.64. The lowest BCUT2D eigenvalue weighted by Crippen LogP contribution is -2.39. The highest BCUT2D eigenvalue weighted by Gasteiger charge is 2.40. The number of methoxy groups -OCH3 is 1. The lowest BCUT2D eigenvalue weighted by Gasteiger charge is -2.22. The number of nitrogens with zero attached hydrogens (tertiary/aromatic N) is 2. The average molecular weight is 389 g/mol. The number of hydrogen-bond acceptors (Lipinski definition) is 7. The maximum atomic E-state index is 12.2. The van der Waals surface area contributed by atoms with Gasteiger partial charge in [-0.25, -0.2) is 0 Å². The quantitative estimate of drug-likeness (QED) is 0.694. The van der Waals surface area contributed by atoms with Gasteiger partial charge in [-0.3, -0.25) is 4.79 Å². The lowest BCUT2D eigenvalue weighted by atomic mass is 9.95. The smallest absolute Gasteiger partial charge is 0.277 e. The second kappa shape index (κ2) is 8.21. The van der Waals surface area contributed by atoms with Gasteiger partial charge in [0.25, 0.3) is 11.1 Å². The number of fused-ring (bicyclic) bond motifs is 2. The van der Waals surface area contributed by atoms with Crippen LogP contribution >= 0.6 is 11.8 Å². The molecule has 3 atom stereocenters. The van der Waals surface area contributed by atoms with Gasteiger partial charge in [0.05, 0.1) is 12.9 Å². The number of nitrogens with one attached hydrogen (secondary N) is 1. The Morgan fingerprint density at radius 2 is 2.04 bits per heavy atom. The lowest BCUT2D eigenvalue weighted by molar-refractivity contribution is -0.119. The van der Waals surface area contributed by atoms with Crippen LogP contribution in [-0.4, -0.2) is 35.0 Å². The zero-order valence-corrected chi connectivity index (χ0v) is 16.0. The molecule has 2 aliphatic rings. The molecule has 2 aliphatic carbocycles. The molecule has 0 saturated heterocycles. The molecule has 1 aromatic heterocycles. The maximum Gasteiger partial charge on any atom is 0.277 e. The fourth-order valence-electron chi connectivity index (χ4n) is 3.97. The number of rotatable bonds is 8. The molecule has 2 saturated carbocycles. The topological polar surface area (TPSA) is 86.5 Å². The zero-order chi connectivity index (χ0) is 18.6. The Morgan fingerprint density at radius 1 is 1.22 bits per heavy atom. The Bertz CT molecular complexity index is 780. The predicted octanol–water partition coefficient (Wildman–Crippen LogP) is 3.05. The molecule has 0 radical (unpaired) electrons. The number of thioether (sulfide) groups is 1. The first kappa shape index (κ1) is 18.2. The van der Waals surface area contributed by atoms with Crippen LogP contribution in [0.25, 0.3) is 0 Å². The van der Waals surface area contributed by atoms with Gasteiger partial charge in [0.15, 0.2) is 6.61 Å². The summed E-state index contributed by atoms with van der Waals surface area (Å²) in [5.41, 5.74) is 0. The number of hydrogen-bond donors (Lipinski definition) is 1. The van der Waals surface area contributed by atoms with Gasteiger partial charge in [0, 0.05) is 6.04 Å². The van der Waals surface area contributed by atoms with Crippen LogP contribution in [0, 0.1) is 11.8 Å². The molecule has 1 heterocycles. The van der Waals surface area contributed by atoms with Crippen molar-refractivity contribution < 1.29 is 18.7 Å². The van der Waals surface area contributed by atoms with Crippen LogP contribution in [-0.2, 0) is 11.4 Å². The SMILES string of the molecule is COc1ccc(OCc2nnc(SCC(=O)N[C@@H]3C[C@@H]4CC[C@@H]3C4)o2)cc1. The second-order valence-electron chi connectivity index (χ2n) is 7.06. The van der Waals surface area contributed by atoms with Gasteiger partial charge in [-0.05, 0) is 55.4 Å². The molecule has 1 aromatic carbocycles. The van der Waals surface area contributed by atoms with E-state index < -0.39 is 0 Å². The van der Waals surface area contributed by atoms with E-state index in [4.69, 9.17) is 13.9 Å². The highest BCUT2D eigenvalue weighted by atomic mass is 32.2. The fraction of sp³-hybridized carbons (Fsp3) is 0.526. The normalized spacial score (nSPS) is 23.4. The monoisotopic (exact) mass is 389 g/mol. The molecule has 1 amide bonds. The predicted molar refractivity (Wildman–Crippen MR) is 99.7 cm³/mol. The van der Waals surface area contributed by atoms with Crippen molar-refractivity contribution in [2.45, 2.75) is 43.6 Å². The van der Waals surface area contributed by atoms with Crippen LogP contribution in [0.3, 0.4) is 0 Å². The molecular weight excluding hydrogens is 366 g/mol. The van der Waals surface area contributed by atoms with Gasteiger partial charge in [0.2, 0.25) is 5.91 Å². The van der Waals surface area contributed by atoms with Crippen molar-refractivity contribution >= 4 is 17.7 Å². The van der Waals surface area contributed by atoms with Crippen molar-refractivity contribution in [1.82, 2.24) is 15.5 Å². The first-order valence-corrected chi connectivity index (χ1v) is 10.2. The van der Waals surface area contributed by atoms with Gasteiger partial charge in [-0.1, -0.05) is 18.2 Å². The van der Waals surface area contributed by atoms with E-state index in [1.165, 1.54) is 31.0 Å². The van der Waals surface area contributed by atoms with Gasteiger partial charge >= 0.3 is 0 Å². The summed E-state index contributed by atoms with van der Waals surface area (Å²) in [6.45, 7) is 0.178. The van der Waals surface area contributed by atoms with Crippen LogP contribution < -0.4 is 14.8 Å². The molecule has 27 heavy (non-hydrogen) atoms. The highest BCUT2D eigenvalue weighted by Crippen LogP contribution is 2.44. The minimum atomic E-state index is 0.0341. The summed E-state index contributed by atoms with van der Waals surface area (Å²) in [6, 6.07) is 7.61. The van der Waals surface area contributed by atoms with Gasteiger partial charge in [-0.15, -0.1) is 10.2 Å². The highest BCUT2D eigenvalue weighted by molar-refractivity contribution is 7.99. The summed E-state index contributed by atoms with van der Waals surface area (Å²) in [6.07, 6.45) is 4.99. The number of carbonyl (C=O) groups excluding carboxylic acids is 1. The number of carbonyl (C=O) groups is 1. The molecule has 2 aromatic rings. The standard InChI is InChI=1S/C19H23N3O4S/c1-24-14-4-6-15(7-5-14)25-10-18-21-22-19(26-18)27-11-17(23)20-16-9-12-2-3-13(16)8-12/h4-7,12-13,16H,2-3,8-11H2,1H3,(H,20,23)/t12-,13-,16-/m1/s1. The third kappa shape index (κ3) is 4.55. The van der Waals surface area contributed by atoms with Gasteiger partial charge in [-0.2, -0.15) is 0 Å². The molecule has 4 rings (SSSR count). The number of ether oxygens (including phenoxy) is 2. The van der Waals surface area contributed by atoms with Crippen molar-refractivity contribution in [2.75, 3.05) is 12.9 Å². The molecule has 7 nitrogen and oxygen atoms in total. The summed E-state index contributed by atoms with van der Waals surface area (Å²) in [5, 5.41) is 11.5. The first-order chi connectivity index (χ1) is 13.2. The molecule has 144 valence electrons. The minimum absolute atomic E-state index is 0.0341. The molecular formula is C19H23N3O4S. The average Bonchev–Trinajstić information content (AvgIpc) is 3.42. The Labute approximate surface area is 162 Å². The van der Waals surface area contributed by atoms with E-state index >= 15 is 0 Å². The van der Waals surface area contributed by atoms with Crippen LogP contribution in [0.15, 0.2) is 33.9 Å². The van der Waals surface area contributed by atoms with Crippen LogP contribution in [0.4, 0.5) is 0 Å². The van der Waals surface area contributed by atoms with E-state index in [0.717, 1.165) is 18.1 Å². The van der Waals surface area contributed by atoms with Crippen molar-refractivity contribution in [2.24, 2.45) is 11.8 Å². The summed E-state index contributed by atoms with van der Waals surface area (Å²) >= 11 is 1.25. The molecule has 1 N–H and O–H groups in total. The summed E-state index contributed by atoms with van der Waals surface area (Å²) in [7, 11) is 1.62. The number of amides is 1. The van der Waals surface area contributed by atoms with E-state index in [1.54, 1.807) is 7.11 Å². The third-order valence-electron chi connectivity index (χ3n) is 5.28. The summed E-state index contributed by atoms with van der Waals surface area (Å²) < 4.78 is 16.2. The van der Waals surface area contributed by atoms with E-state index in [-0.39, 0.29) is 18.3 Å². The molecule has 2 bridgehead atoms. The molecule has 0 unspecified atom stereocenters. The zero-order valence-electron chi connectivity index (χ0n) is 15.2. The van der Waals surface area contributed by atoms with Crippen molar-refractivity contribution in [3.8, 4) is 11.5 Å².